The van der Waals surface area contributed by atoms with E-state index in [-0.39, 0.29) is 42.0 Å². The van der Waals surface area contributed by atoms with E-state index in [1.165, 1.54) is 23.9 Å². The Labute approximate surface area is 240 Å². The summed E-state index contributed by atoms with van der Waals surface area (Å²) in [4.78, 5) is 30.7. The van der Waals surface area contributed by atoms with Crippen LogP contribution in [-0.2, 0) is 9.59 Å². The molecular weight excluding hydrogens is 543 g/mol. The number of likely N-dealkylation sites (tertiary alicyclic amines) is 1. The molecule has 10 heteroatoms. The van der Waals surface area contributed by atoms with Gasteiger partial charge in [-0.3, -0.25) is 14.5 Å². The van der Waals surface area contributed by atoms with Crippen molar-refractivity contribution < 1.29 is 23.5 Å². The van der Waals surface area contributed by atoms with Gasteiger partial charge in [0, 0.05) is 24.2 Å². The van der Waals surface area contributed by atoms with Crippen molar-refractivity contribution in [2.24, 2.45) is 0 Å². The third-order valence-electron chi connectivity index (χ3n) is 7.66. The van der Waals surface area contributed by atoms with Crippen LogP contribution in [0.25, 0.3) is 16.9 Å². The number of thioether (sulfide) groups is 1. The first kappa shape index (κ1) is 25.6. The van der Waals surface area contributed by atoms with Crippen molar-refractivity contribution in [1.29, 1.82) is 0 Å². The highest BCUT2D eigenvalue weighted by Crippen LogP contribution is 2.50. The summed E-state index contributed by atoms with van der Waals surface area (Å²) >= 11 is 1.49. The fourth-order valence-electron chi connectivity index (χ4n) is 5.63. The van der Waals surface area contributed by atoms with Crippen LogP contribution in [0.3, 0.4) is 0 Å². The summed E-state index contributed by atoms with van der Waals surface area (Å²) in [6.45, 7) is 1.44. The van der Waals surface area contributed by atoms with Crippen molar-refractivity contribution in [3.8, 4) is 28.4 Å². The Balaban J connectivity index is 1.46. The number of rotatable bonds is 5. The van der Waals surface area contributed by atoms with Crippen molar-refractivity contribution in [3.63, 3.8) is 0 Å². The molecule has 208 valence electrons. The van der Waals surface area contributed by atoms with Crippen LogP contribution in [0, 0.1) is 5.82 Å². The smallest absolute Gasteiger partial charge is 0.242 e. The first-order chi connectivity index (χ1) is 20.1. The first-order valence-corrected chi connectivity index (χ1v) is 14.7. The number of amides is 2. The van der Waals surface area contributed by atoms with Crippen molar-refractivity contribution in [1.82, 2.24) is 14.7 Å². The Morgan fingerprint density at radius 2 is 1.73 bits per heavy atom. The van der Waals surface area contributed by atoms with Crippen LogP contribution in [0.2, 0.25) is 0 Å². The van der Waals surface area contributed by atoms with Crippen molar-refractivity contribution in [3.05, 3.63) is 89.7 Å². The molecule has 3 aliphatic heterocycles. The Hall–Kier alpha value is -4.31. The largest absolute Gasteiger partial charge is 0.454 e. The molecule has 4 heterocycles. The summed E-state index contributed by atoms with van der Waals surface area (Å²) in [5.41, 5.74) is 3.89. The fraction of sp³-hybridized carbons (Fsp3) is 0.258. The van der Waals surface area contributed by atoms with Crippen molar-refractivity contribution >= 4 is 29.4 Å². The quantitative estimate of drug-likeness (QED) is 0.328. The minimum atomic E-state index is -0.374. The molecule has 3 aromatic carbocycles. The zero-order valence-corrected chi connectivity index (χ0v) is 23.0. The van der Waals surface area contributed by atoms with E-state index in [1.807, 2.05) is 53.4 Å². The number of anilines is 1. The average molecular weight is 571 g/mol. The van der Waals surface area contributed by atoms with Gasteiger partial charge in [-0.05, 0) is 54.8 Å². The van der Waals surface area contributed by atoms with Crippen molar-refractivity contribution in [2.45, 2.75) is 18.1 Å². The standard InChI is InChI=1S/C31H27FN4O4S/c32-22-9-11-23(12-10-22)36-31-28(29(33-36)20-6-2-1-3-7-20)30(21-8-13-24-25(16-21)40-19-39-24)41-18-27(38)35(31)17-26(37)34-14-4-5-15-34/h1-3,6-13,16,30H,4-5,14-15,17-19H2/t30-/m1/s1. The molecule has 1 saturated heterocycles. The third kappa shape index (κ3) is 4.72. The molecule has 1 fully saturated rings. The molecule has 0 radical (unpaired) electrons. The van der Waals surface area contributed by atoms with Gasteiger partial charge in [-0.15, -0.1) is 11.8 Å². The summed E-state index contributed by atoms with van der Waals surface area (Å²) in [7, 11) is 0. The zero-order valence-electron chi connectivity index (χ0n) is 22.2. The number of carbonyl (C=O) groups is 2. The number of hydrogen-bond donors (Lipinski definition) is 0. The van der Waals surface area contributed by atoms with E-state index < -0.39 is 0 Å². The van der Waals surface area contributed by atoms with E-state index >= 15 is 0 Å². The summed E-state index contributed by atoms with van der Waals surface area (Å²) in [6, 6.07) is 21.6. The second-order valence-corrected chi connectivity index (χ2v) is 11.3. The SMILES string of the molecule is O=C(CN1C(=O)CS[C@H](c2ccc3c(c2)OCO3)c2c(-c3ccccc3)nn(-c3ccc(F)cc3)c21)N1CCCC1. The molecule has 4 aromatic rings. The van der Waals surface area contributed by atoms with Gasteiger partial charge in [0.1, 0.15) is 18.2 Å². The lowest BCUT2D eigenvalue weighted by Gasteiger charge is -2.25. The molecule has 1 aromatic heterocycles. The topological polar surface area (TPSA) is 76.9 Å². The zero-order chi connectivity index (χ0) is 27.9. The Bertz CT molecular complexity index is 1620. The van der Waals surface area contributed by atoms with Gasteiger partial charge in [0.2, 0.25) is 18.6 Å². The van der Waals surface area contributed by atoms with Gasteiger partial charge in [-0.25, -0.2) is 9.07 Å². The van der Waals surface area contributed by atoms with E-state index in [0.717, 1.165) is 29.5 Å². The lowest BCUT2D eigenvalue weighted by atomic mass is 9.99. The number of ether oxygens (including phenoxy) is 2. The van der Waals surface area contributed by atoms with Crippen molar-refractivity contribution in [2.75, 3.05) is 37.1 Å². The molecule has 0 aliphatic carbocycles. The molecule has 7 rings (SSSR count). The van der Waals surface area contributed by atoms with Crippen LogP contribution < -0.4 is 14.4 Å². The number of carbonyl (C=O) groups excluding carboxylic acids is 2. The number of hydrogen-bond acceptors (Lipinski definition) is 6. The van der Waals surface area contributed by atoms with Crippen LogP contribution >= 0.6 is 11.8 Å². The molecular formula is C31H27FN4O4S. The van der Waals surface area contributed by atoms with Crippen LogP contribution in [0.15, 0.2) is 72.8 Å². The monoisotopic (exact) mass is 570 g/mol. The number of halogens is 1. The van der Waals surface area contributed by atoms with E-state index in [9.17, 15) is 14.0 Å². The molecule has 41 heavy (non-hydrogen) atoms. The molecule has 3 aliphatic rings. The van der Waals surface area contributed by atoms with E-state index in [4.69, 9.17) is 14.6 Å². The van der Waals surface area contributed by atoms with Crippen LogP contribution in [0.1, 0.15) is 29.2 Å². The highest BCUT2D eigenvalue weighted by atomic mass is 32.2. The number of fused-ring (bicyclic) bond motifs is 2. The fourth-order valence-corrected chi connectivity index (χ4v) is 6.82. The second-order valence-electron chi connectivity index (χ2n) is 10.2. The lowest BCUT2D eigenvalue weighted by molar-refractivity contribution is -0.130. The maximum atomic E-state index is 14.0. The Kier molecular flexibility index (Phi) is 6.62. The number of benzene rings is 3. The van der Waals surface area contributed by atoms with Gasteiger partial charge in [0.25, 0.3) is 0 Å². The Morgan fingerprint density at radius 1 is 0.976 bits per heavy atom. The maximum Gasteiger partial charge on any atom is 0.242 e. The van der Waals surface area contributed by atoms with Gasteiger partial charge < -0.3 is 14.4 Å². The second kappa shape index (κ2) is 10.6. The average Bonchev–Trinajstić information content (AvgIpc) is 3.76. The molecule has 2 amide bonds. The minimum absolute atomic E-state index is 0.0959. The highest BCUT2D eigenvalue weighted by Gasteiger charge is 2.39. The first-order valence-electron chi connectivity index (χ1n) is 13.6. The van der Waals surface area contributed by atoms with Gasteiger partial charge in [-0.1, -0.05) is 36.4 Å². The van der Waals surface area contributed by atoms with E-state index in [2.05, 4.69) is 0 Å². The van der Waals surface area contributed by atoms with E-state index in [1.54, 1.807) is 21.7 Å². The van der Waals surface area contributed by atoms with Crippen LogP contribution in [-0.4, -0.2) is 58.7 Å². The molecule has 1 atom stereocenters. The summed E-state index contributed by atoms with van der Waals surface area (Å²) in [5, 5.41) is 4.74. The third-order valence-corrected chi connectivity index (χ3v) is 8.91. The van der Waals surface area contributed by atoms with Gasteiger partial charge in [0.15, 0.2) is 11.5 Å². The van der Waals surface area contributed by atoms with Crippen LogP contribution in [0.4, 0.5) is 10.2 Å². The summed E-state index contributed by atoms with van der Waals surface area (Å²) in [5.74, 6) is 1.34. The predicted octanol–water partition coefficient (Wildman–Crippen LogP) is 5.20. The normalized spacial score (nSPS) is 18.0. The van der Waals surface area contributed by atoms with Gasteiger partial charge in [0.05, 0.1) is 22.4 Å². The molecule has 0 spiro atoms. The van der Waals surface area contributed by atoms with Gasteiger partial charge >= 0.3 is 0 Å². The molecule has 0 bridgehead atoms. The van der Waals surface area contributed by atoms with Crippen LogP contribution in [0.5, 0.6) is 11.5 Å². The minimum Gasteiger partial charge on any atom is -0.454 e. The lowest BCUT2D eigenvalue weighted by Crippen LogP contribution is -2.43. The summed E-state index contributed by atoms with van der Waals surface area (Å²) in [6.07, 6.45) is 1.91. The summed E-state index contributed by atoms with van der Waals surface area (Å²) < 4.78 is 26.9. The Morgan fingerprint density at radius 3 is 2.51 bits per heavy atom. The molecule has 0 saturated carbocycles. The maximum absolute atomic E-state index is 14.0. The predicted molar refractivity (Wildman–Crippen MR) is 154 cm³/mol. The van der Waals surface area contributed by atoms with Gasteiger partial charge in [-0.2, -0.15) is 5.10 Å². The number of nitrogens with zero attached hydrogens (tertiary/aromatic N) is 4. The number of aromatic nitrogens is 2. The molecule has 0 unspecified atom stereocenters. The molecule has 0 N–H and O–H groups in total. The molecule has 8 nitrogen and oxygen atoms in total. The highest BCUT2D eigenvalue weighted by molar-refractivity contribution is 8.00. The van der Waals surface area contributed by atoms with E-state index in [0.29, 0.717) is 41.8 Å².